The summed E-state index contributed by atoms with van der Waals surface area (Å²) in [5.41, 5.74) is 2.00. The number of nitrogens with zero attached hydrogens (tertiary/aromatic N) is 1. The highest BCUT2D eigenvalue weighted by atomic mass is 16.5. The topological polar surface area (TPSA) is 181 Å². The van der Waals surface area contributed by atoms with Crippen LogP contribution >= 0.6 is 0 Å². The monoisotopic (exact) mass is 566 g/mol. The summed E-state index contributed by atoms with van der Waals surface area (Å²) in [5.74, 6) is 0.738. The summed E-state index contributed by atoms with van der Waals surface area (Å²) in [4.78, 5) is 13.4. The van der Waals surface area contributed by atoms with Crippen molar-refractivity contribution in [2.45, 2.75) is 43.9 Å². The van der Waals surface area contributed by atoms with Crippen molar-refractivity contribution in [3.8, 4) is 11.5 Å². The first-order valence-electron chi connectivity index (χ1n) is 13.2. The van der Waals surface area contributed by atoms with Gasteiger partial charge in [-0.2, -0.15) is 0 Å². The Bertz CT molecular complexity index is 993. The Morgan fingerprint density at radius 1 is 1.05 bits per heavy atom. The fourth-order valence-corrected chi connectivity index (χ4v) is 3.98. The van der Waals surface area contributed by atoms with Gasteiger partial charge in [0.25, 0.3) is 0 Å². The molecule has 1 aliphatic rings. The van der Waals surface area contributed by atoms with Gasteiger partial charge in [0.15, 0.2) is 6.10 Å². The van der Waals surface area contributed by atoms with Crippen LogP contribution in [0.3, 0.4) is 0 Å². The molecule has 40 heavy (non-hydrogen) atoms. The maximum absolute atomic E-state index is 11.2. The van der Waals surface area contributed by atoms with Gasteiger partial charge in [0.1, 0.15) is 43.0 Å². The number of likely N-dealkylation sites (N-methyl/N-ethyl adjacent to an activating group) is 1. The molecule has 0 radical (unpaired) electrons. The number of fused-ring (bicyclic) bond motifs is 1. The average Bonchev–Trinajstić information content (AvgIpc) is 2.97. The number of carbonyl (C=O) groups is 1. The smallest absolute Gasteiger partial charge is 0.333 e. The van der Waals surface area contributed by atoms with E-state index in [0.29, 0.717) is 26.2 Å². The largest absolute Gasteiger partial charge is 0.492 e. The fourth-order valence-electron chi connectivity index (χ4n) is 3.98. The summed E-state index contributed by atoms with van der Waals surface area (Å²) in [7, 11) is 1.57. The number of benzene rings is 2. The van der Waals surface area contributed by atoms with Gasteiger partial charge >= 0.3 is 5.97 Å². The Balaban J connectivity index is 0.000000366. The van der Waals surface area contributed by atoms with E-state index in [9.17, 15) is 9.90 Å². The summed E-state index contributed by atoms with van der Waals surface area (Å²) in [6.07, 6.45) is -6.12. The number of ether oxygens (including phenoxy) is 3. The van der Waals surface area contributed by atoms with Crippen LogP contribution in [0.25, 0.3) is 0 Å². The van der Waals surface area contributed by atoms with Crippen LogP contribution in [0.4, 0.5) is 5.69 Å². The third kappa shape index (κ3) is 10.5. The second-order valence-corrected chi connectivity index (χ2v) is 9.14. The molecule has 0 fully saturated rings. The summed E-state index contributed by atoms with van der Waals surface area (Å²) in [6, 6.07) is 15.5. The number of carboxylic acid groups (broad SMARTS) is 1. The molecule has 3 rings (SSSR count). The van der Waals surface area contributed by atoms with E-state index in [4.69, 9.17) is 39.7 Å². The van der Waals surface area contributed by atoms with Crippen LogP contribution in [0.2, 0.25) is 0 Å². The standard InChI is InChI=1S/C21H25NO5.C7H17NO5/c1-2-25-20(21(23)24)15-16-7-9-17(10-8-16)26-13-11-22-12-14-27-19-6-4-3-5-18(19)22;1-8-2-4(10)6(12)7(13)5(11)3-9/h3-10,20H,2,11-15H2,1H3,(H,23,24);4-13H,2-3H2,1H3/t;4-,5+,6+,7+/m.0/s1. The van der Waals surface area contributed by atoms with E-state index in [1.807, 2.05) is 42.5 Å². The molecule has 0 amide bonds. The van der Waals surface area contributed by atoms with E-state index in [1.54, 1.807) is 14.0 Å². The second-order valence-electron chi connectivity index (χ2n) is 9.14. The second kappa shape index (κ2) is 17.7. The number of nitrogens with one attached hydrogen (secondary N) is 1. The van der Waals surface area contributed by atoms with E-state index in [2.05, 4.69) is 16.3 Å². The Hall–Kier alpha value is -2.97. The summed E-state index contributed by atoms with van der Waals surface area (Å²) in [6.45, 7) is 4.45. The Labute approximate surface area is 234 Å². The van der Waals surface area contributed by atoms with Gasteiger partial charge in [-0.1, -0.05) is 24.3 Å². The van der Waals surface area contributed by atoms with Crippen LogP contribution in [-0.4, -0.2) is 120 Å². The van der Waals surface area contributed by atoms with Gasteiger partial charge in [-0.15, -0.1) is 0 Å². The average molecular weight is 567 g/mol. The van der Waals surface area contributed by atoms with Crippen LogP contribution in [0, 0.1) is 0 Å². The minimum absolute atomic E-state index is 0.0936. The molecule has 0 saturated heterocycles. The number of aliphatic hydroxyl groups excluding tert-OH is 5. The van der Waals surface area contributed by atoms with E-state index >= 15 is 0 Å². The molecule has 1 unspecified atom stereocenters. The number of aliphatic carboxylic acids is 1. The number of aliphatic hydroxyl groups is 5. The van der Waals surface area contributed by atoms with Crippen LogP contribution in [-0.2, 0) is 16.0 Å². The van der Waals surface area contributed by atoms with Crippen LogP contribution < -0.4 is 19.7 Å². The normalized spacial score (nSPS) is 16.3. The Morgan fingerprint density at radius 3 is 2.35 bits per heavy atom. The number of anilines is 1. The van der Waals surface area contributed by atoms with Crippen molar-refractivity contribution in [2.24, 2.45) is 0 Å². The molecular weight excluding hydrogens is 524 g/mol. The molecule has 12 nitrogen and oxygen atoms in total. The summed E-state index contributed by atoms with van der Waals surface area (Å²) >= 11 is 0. The summed E-state index contributed by atoms with van der Waals surface area (Å²) < 4.78 is 16.8. The number of rotatable bonds is 15. The van der Waals surface area contributed by atoms with Crippen molar-refractivity contribution in [1.82, 2.24) is 5.32 Å². The molecular formula is C28H42N2O10. The first kappa shape index (κ1) is 33.2. The van der Waals surface area contributed by atoms with Crippen molar-refractivity contribution >= 4 is 11.7 Å². The van der Waals surface area contributed by atoms with Crippen molar-refractivity contribution < 1.29 is 49.6 Å². The van der Waals surface area contributed by atoms with Gasteiger partial charge in [0, 0.05) is 19.6 Å². The van der Waals surface area contributed by atoms with Gasteiger partial charge < -0.3 is 55.1 Å². The Kier molecular flexibility index (Phi) is 14.7. The lowest BCUT2D eigenvalue weighted by atomic mass is 10.0. The lowest BCUT2D eigenvalue weighted by Crippen LogP contribution is -2.48. The van der Waals surface area contributed by atoms with Crippen molar-refractivity contribution in [1.29, 1.82) is 0 Å². The van der Waals surface area contributed by atoms with Crippen LogP contribution in [0.15, 0.2) is 48.5 Å². The maximum Gasteiger partial charge on any atom is 0.333 e. The van der Waals surface area contributed by atoms with Gasteiger partial charge in [-0.3, -0.25) is 0 Å². The van der Waals surface area contributed by atoms with Gasteiger partial charge in [0.05, 0.1) is 31.5 Å². The van der Waals surface area contributed by atoms with E-state index in [0.717, 1.165) is 35.8 Å². The van der Waals surface area contributed by atoms with Crippen molar-refractivity contribution in [3.63, 3.8) is 0 Å². The molecule has 0 spiro atoms. The maximum atomic E-state index is 11.2. The molecule has 2 aromatic rings. The van der Waals surface area contributed by atoms with Crippen molar-refractivity contribution in [2.75, 3.05) is 58.0 Å². The zero-order valence-corrected chi connectivity index (χ0v) is 22.9. The predicted octanol–water partition coefficient (Wildman–Crippen LogP) is -0.362. The third-order valence-corrected chi connectivity index (χ3v) is 6.18. The van der Waals surface area contributed by atoms with Gasteiger partial charge in [-0.05, 0) is 43.8 Å². The first-order chi connectivity index (χ1) is 19.2. The van der Waals surface area contributed by atoms with Gasteiger partial charge in [-0.25, -0.2) is 4.79 Å². The van der Waals surface area contributed by atoms with Crippen LogP contribution in [0.1, 0.15) is 12.5 Å². The molecule has 5 atom stereocenters. The summed E-state index contributed by atoms with van der Waals surface area (Å²) in [5, 5.41) is 56.6. The first-order valence-corrected chi connectivity index (χ1v) is 13.2. The number of hydrogen-bond donors (Lipinski definition) is 7. The molecule has 0 bridgehead atoms. The number of para-hydroxylation sites is 2. The Morgan fingerprint density at radius 2 is 1.73 bits per heavy atom. The molecule has 0 aromatic heterocycles. The van der Waals surface area contributed by atoms with E-state index < -0.39 is 43.1 Å². The highest BCUT2D eigenvalue weighted by Gasteiger charge is 2.29. The number of hydrogen-bond acceptors (Lipinski definition) is 11. The lowest BCUT2D eigenvalue weighted by Gasteiger charge is -2.31. The molecule has 224 valence electrons. The zero-order valence-electron chi connectivity index (χ0n) is 22.9. The molecule has 2 aromatic carbocycles. The fraction of sp³-hybridized carbons (Fsp3) is 0.536. The third-order valence-electron chi connectivity index (χ3n) is 6.18. The highest BCUT2D eigenvalue weighted by molar-refractivity contribution is 5.72. The molecule has 7 N–H and O–H groups in total. The van der Waals surface area contributed by atoms with E-state index in [-0.39, 0.29) is 6.54 Å². The van der Waals surface area contributed by atoms with Crippen LogP contribution in [0.5, 0.6) is 11.5 Å². The van der Waals surface area contributed by atoms with Crippen molar-refractivity contribution in [3.05, 3.63) is 54.1 Å². The van der Waals surface area contributed by atoms with Gasteiger partial charge in [0.2, 0.25) is 0 Å². The molecule has 12 heteroatoms. The minimum Gasteiger partial charge on any atom is -0.492 e. The quantitative estimate of drug-likeness (QED) is 0.149. The molecule has 1 heterocycles. The predicted molar refractivity (Wildman–Crippen MR) is 148 cm³/mol. The van der Waals surface area contributed by atoms with E-state index in [1.165, 1.54) is 0 Å². The number of carboxylic acids is 1. The molecule has 0 aliphatic carbocycles. The zero-order chi connectivity index (χ0) is 29.5. The SMILES string of the molecule is CCOC(Cc1ccc(OCCN2CCOc3ccccc32)cc1)C(=O)O.CNC[C@H](O)[C@@H](O)[C@H](O)[C@H](O)CO. The highest BCUT2D eigenvalue weighted by Crippen LogP contribution is 2.30. The minimum atomic E-state index is -1.55. The lowest BCUT2D eigenvalue weighted by molar-refractivity contribution is -0.149. The molecule has 0 saturated carbocycles. The molecule has 1 aliphatic heterocycles.